The first-order valence-corrected chi connectivity index (χ1v) is 11.5. The zero-order valence-electron chi connectivity index (χ0n) is 16.5. The van der Waals surface area contributed by atoms with E-state index in [1.165, 1.54) is 10.6 Å². The third-order valence-electron chi connectivity index (χ3n) is 5.33. The number of amides is 2. The molecular formula is C19H29N3O5S. The van der Waals surface area contributed by atoms with Crippen molar-refractivity contribution >= 4 is 21.7 Å². The van der Waals surface area contributed by atoms with Crippen LogP contribution in [0.4, 0.5) is 10.5 Å². The quantitative estimate of drug-likeness (QED) is 0.802. The van der Waals surface area contributed by atoms with Crippen molar-refractivity contribution in [3.63, 3.8) is 0 Å². The number of urea groups is 1. The molecule has 3 rings (SSSR count). The molecule has 156 valence electrons. The zero-order chi connectivity index (χ0) is 20.1. The summed E-state index contributed by atoms with van der Waals surface area (Å²) in [6.45, 7) is 2.30. The van der Waals surface area contributed by atoms with Gasteiger partial charge in [0.05, 0.1) is 31.3 Å². The minimum Gasteiger partial charge on any atom is -0.495 e. The van der Waals surface area contributed by atoms with Crippen molar-refractivity contribution in [2.24, 2.45) is 0 Å². The van der Waals surface area contributed by atoms with Crippen molar-refractivity contribution in [1.29, 1.82) is 0 Å². The van der Waals surface area contributed by atoms with Gasteiger partial charge in [-0.3, -0.25) is 0 Å². The number of carbonyl (C=O) groups is 1. The lowest BCUT2D eigenvalue weighted by Gasteiger charge is -2.36. The molecule has 8 nitrogen and oxygen atoms in total. The highest BCUT2D eigenvalue weighted by atomic mass is 32.2. The Bertz CT molecular complexity index is 770. The van der Waals surface area contributed by atoms with Gasteiger partial charge in [-0.2, -0.15) is 0 Å². The van der Waals surface area contributed by atoms with E-state index in [4.69, 9.17) is 9.47 Å². The summed E-state index contributed by atoms with van der Waals surface area (Å²) < 4.78 is 36.1. The van der Waals surface area contributed by atoms with Crippen LogP contribution in [0.1, 0.15) is 25.7 Å². The molecule has 2 saturated heterocycles. The van der Waals surface area contributed by atoms with E-state index in [1.54, 1.807) is 12.0 Å². The fourth-order valence-electron chi connectivity index (χ4n) is 3.71. The summed E-state index contributed by atoms with van der Waals surface area (Å²) in [5, 5.41) is 2.91. The molecule has 0 radical (unpaired) electrons. The van der Waals surface area contributed by atoms with Crippen LogP contribution >= 0.6 is 0 Å². The minimum atomic E-state index is -3.11. The highest BCUT2D eigenvalue weighted by molar-refractivity contribution is 7.88. The van der Waals surface area contributed by atoms with Crippen LogP contribution in [0.2, 0.25) is 0 Å². The van der Waals surface area contributed by atoms with Crippen LogP contribution in [0.3, 0.4) is 0 Å². The number of hydrogen-bond acceptors (Lipinski definition) is 5. The second-order valence-electron chi connectivity index (χ2n) is 7.31. The van der Waals surface area contributed by atoms with Gasteiger partial charge in [-0.05, 0) is 37.8 Å². The first kappa shape index (κ1) is 20.9. The number of nitrogens with one attached hydrogen (secondary N) is 1. The Kier molecular flexibility index (Phi) is 6.79. The summed E-state index contributed by atoms with van der Waals surface area (Å²) in [7, 11) is -1.53. The summed E-state index contributed by atoms with van der Waals surface area (Å²) in [6.07, 6.45) is 4.47. The molecule has 1 N–H and O–H groups in total. The number of hydrogen-bond donors (Lipinski definition) is 1. The first-order chi connectivity index (χ1) is 13.4. The maximum absolute atomic E-state index is 12.5. The van der Waals surface area contributed by atoms with Gasteiger partial charge in [-0.25, -0.2) is 17.5 Å². The Morgan fingerprint density at radius 1 is 1.04 bits per heavy atom. The number of benzene rings is 1. The van der Waals surface area contributed by atoms with Gasteiger partial charge in [-0.1, -0.05) is 12.1 Å². The molecule has 0 bridgehead atoms. The van der Waals surface area contributed by atoms with Crippen molar-refractivity contribution in [2.45, 2.75) is 37.9 Å². The second kappa shape index (κ2) is 9.11. The summed E-state index contributed by atoms with van der Waals surface area (Å²) in [5.74, 6) is 0.634. The van der Waals surface area contributed by atoms with E-state index in [0.717, 1.165) is 25.7 Å². The van der Waals surface area contributed by atoms with Gasteiger partial charge in [-0.15, -0.1) is 0 Å². The Labute approximate surface area is 166 Å². The summed E-state index contributed by atoms with van der Waals surface area (Å²) in [5.41, 5.74) is 0.658. The van der Waals surface area contributed by atoms with Crippen LogP contribution in [0.5, 0.6) is 5.75 Å². The average molecular weight is 412 g/mol. The summed E-state index contributed by atoms with van der Waals surface area (Å²) in [6, 6.07) is 7.20. The van der Waals surface area contributed by atoms with E-state index in [2.05, 4.69) is 5.32 Å². The van der Waals surface area contributed by atoms with Gasteiger partial charge in [0.15, 0.2) is 0 Å². The number of piperidine rings is 2. The lowest BCUT2D eigenvalue weighted by molar-refractivity contribution is -0.0542. The fourth-order valence-corrected chi connectivity index (χ4v) is 4.58. The van der Waals surface area contributed by atoms with Crippen molar-refractivity contribution in [3.05, 3.63) is 24.3 Å². The molecule has 9 heteroatoms. The number of carbonyl (C=O) groups excluding carboxylic acids is 1. The van der Waals surface area contributed by atoms with Gasteiger partial charge in [0.2, 0.25) is 10.0 Å². The molecule has 2 amide bonds. The van der Waals surface area contributed by atoms with Gasteiger partial charge < -0.3 is 19.7 Å². The Balaban J connectivity index is 1.43. The van der Waals surface area contributed by atoms with Crippen LogP contribution in [0.25, 0.3) is 0 Å². The molecule has 1 aromatic rings. The molecular weight excluding hydrogens is 382 g/mol. The lowest BCUT2D eigenvalue weighted by atomic mass is 10.1. The fraction of sp³-hybridized carbons (Fsp3) is 0.632. The molecule has 0 aliphatic carbocycles. The van der Waals surface area contributed by atoms with Crippen LogP contribution in [-0.4, -0.2) is 75.4 Å². The molecule has 0 unspecified atom stereocenters. The molecule has 2 aliphatic rings. The van der Waals surface area contributed by atoms with Crippen LogP contribution in [0.15, 0.2) is 24.3 Å². The monoisotopic (exact) mass is 411 g/mol. The topological polar surface area (TPSA) is 88.2 Å². The number of nitrogens with zero attached hydrogens (tertiary/aromatic N) is 2. The lowest BCUT2D eigenvalue weighted by Crippen LogP contribution is -2.45. The third kappa shape index (κ3) is 5.36. The van der Waals surface area contributed by atoms with Crippen LogP contribution in [-0.2, 0) is 14.8 Å². The van der Waals surface area contributed by atoms with E-state index in [1.807, 2.05) is 24.3 Å². The van der Waals surface area contributed by atoms with Crippen LogP contribution in [0, 0.1) is 0 Å². The maximum atomic E-state index is 12.5. The highest BCUT2D eigenvalue weighted by Gasteiger charge is 2.29. The number of rotatable bonds is 5. The number of methoxy groups -OCH3 is 1. The molecule has 28 heavy (non-hydrogen) atoms. The van der Waals surface area contributed by atoms with Crippen molar-refractivity contribution in [1.82, 2.24) is 9.21 Å². The Morgan fingerprint density at radius 3 is 2.18 bits per heavy atom. The molecule has 0 aromatic heterocycles. The molecule has 0 spiro atoms. The molecule has 1 aromatic carbocycles. The van der Waals surface area contributed by atoms with Gasteiger partial charge >= 0.3 is 6.03 Å². The first-order valence-electron chi connectivity index (χ1n) is 9.66. The molecule has 0 atom stereocenters. The maximum Gasteiger partial charge on any atom is 0.321 e. The Hall–Kier alpha value is -1.84. The minimum absolute atomic E-state index is 0.0944. The predicted molar refractivity (Wildman–Crippen MR) is 107 cm³/mol. The summed E-state index contributed by atoms with van der Waals surface area (Å²) in [4.78, 5) is 14.3. The standard InChI is InChI=1S/C19H29N3O5S/c1-26-18-6-4-3-5-17(18)20-19(23)21-11-7-15(8-12-21)27-16-9-13-22(14-10-16)28(2,24)25/h3-6,15-16H,7-14H2,1-2H3,(H,20,23). The molecule has 2 heterocycles. The number of ether oxygens (including phenoxy) is 2. The number of sulfonamides is 1. The number of anilines is 1. The van der Waals surface area contributed by atoms with E-state index in [-0.39, 0.29) is 18.2 Å². The van der Waals surface area contributed by atoms with Crippen LogP contribution < -0.4 is 10.1 Å². The number of likely N-dealkylation sites (tertiary alicyclic amines) is 1. The summed E-state index contributed by atoms with van der Waals surface area (Å²) >= 11 is 0. The van der Waals surface area contributed by atoms with E-state index >= 15 is 0 Å². The predicted octanol–water partition coefficient (Wildman–Crippen LogP) is 2.13. The second-order valence-corrected chi connectivity index (χ2v) is 9.30. The normalized spacial score (nSPS) is 20.1. The van der Waals surface area contributed by atoms with Crippen molar-refractivity contribution in [3.8, 4) is 5.75 Å². The Morgan fingerprint density at radius 2 is 1.61 bits per heavy atom. The highest BCUT2D eigenvalue weighted by Crippen LogP contribution is 2.25. The average Bonchev–Trinajstić information content (AvgIpc) is 2.68. The third-order valence-corrected chi connectivity index (χ3v) is 6.64. The van der Waals surface area contributed by atoms with E-state index in [9.17, 15) is 13.2 Å². The van der Waals surface area contributed by atoms with Gasteiger partial charge in [0.1, 0.15) is 5.75 Å². The molecule has 2 aliphatic heterocycles. The smallest absolute Gasteiger partial charge is 0.321 e. The molecule has 0 saturated carbocycles. The number of para-hydroxylation sites is 2. The van der Waals surface area contributed by atoms with E-state index < -0.39 is 10.0 Å². The van der Waals surface area contributed by atoms with Crippen molar-refractivity contribution < 1.29 is 22.7 Å². The van der Waals surface area contributed by atoms with E-state index in [0.29, 0.717) is 37.6 Å². The zero-order valence-corrected chi connectivity index (χ0v) is 17.3. The van der Waals surface area contributed by atoms with Crippen molar-refractivity contribution in [2.75, 3.05) is 44.9 Å². The largest absolute Gasteiger partial charge is 0.495 e. The molecule has 2 fully saturated rings. The van der Waals surface area contributed by atoms with Gasteiger partial charge in [0.25, 0.3) is 0 Å². The van der Waals surface area contributed by atoms with Gasteiger partial charge in [0, 0.05) is 26.2 Å². The SMILES string of the molecule is COc1ccccc1NC(=O)N1CCC(OC2CCN(S(C)(=O)=O)CC2)CC1.